The summed E-state index contributed by atoms with van der Waals surface area (Å²) in [5.74, 6) is 0.765. The number of likely N-dealkylation sites (N-methyl/N-ethyl adjacent to an activating group) is 1. The summed E-state index contributed by atoms with van der Waals surface area (Å²) in [6.45, 7) is 2.38. The predicted molar refractivity (Wildman–Crippen MR) is 97.5 cm³/mol. The van der Waals surface area contributed by atoms with Crippen LogP contribution in [0.3, 0.4) is 0 Å². The Balaban J connectivity index is 0.00000242. The molecule has 1 aromatic carbocycles. The van der Waals surface area contributed by atoms with Crippen LogP contribution in [0, 0.1) is 0 Å². The maximum absolute atomic E-state index is 12.2. The predicted octanol–water partition coefficient (Wildman–Crippen LogP) is 2.36. The largest absolute Gasteiger partial charge is 0.338 e. The molecule has 1 amide bonds. The van der Waals surface area contributed by atoms with E-state index in [9.17, 15) is 4.79 Å². The lowest BCUT2D eigenvalue weighted by Gasteiger charge is -2.23. The van der Waals surface area contributed by atoms with Crippen LogP contribution in [0.25, 0.3) is 0 Å². The number of aromatic nitrogens is 3. The molecular weight excluding hydrogens is 357 g/mol. The Morgan fingerprint density at radius 3 is 2.52 bits per heavy atom. The molecule has 0 saturated heterocycles. The molecule has 128 valence electrons. The molecule has 2 aromatic rings. The SMILES string of the molecule is CC(CN)N(C)C(=O)c1ccc(CSc2ncn[nH]2)cc1.Cl.Cl. The number of H-pyrrole nitrogens is 1. The van der Waals surface area contributed by atoms with E-state index in [4.69, 9.17) is 5.73 Å². The summed E-state index contributed by atoms with van der Waals surface area (Å²) in [6.07, 6.45) is 1.48. The molecule has 0 radical (unpaired) electrons. The lowest BCUT2D eigenvalue weighted by atomic mass is 10.1. The maximum Gasteiger partial charge on any atom is 0.253 e. The van der Waals surface area contributed by atoms with Crippen molar-refractivity contribution in [2.75, 3.05) is 13.6 Å². The van der Waals surface area contributed by atoms with Gasteiger partial charge in [-0.3, -0.25) is 9.89 Å². The van der Waals surface area contributed by atoms with Crippen LogP contribution in [0.5, 0.6) is 0 Å². The highest BCUT2D eigenvalue weighted by atomic mass is 35.5. The number of carbonyl (C=O) groups excluding carboxylic acids is 1. The van der Waals surface area contributed by atoms with Crippen molar-refractivity contribution in [3.63, 3.8) is 0 Å². The summed E-state index contributed by atoms with van der Waals surface area (Å²) in [7, 11) is 1.77. The Bertz CT molecular complexity index is 579. The number of carbonyl (C=O) groups is 1. The van der Waals surface area contributed by atoms with Gasteiger partial charge in [-0.2, -0.15) is 5.10 Å². The first kappa shape index (κ1) is 21.7. The summed E-state index contributed by atoms with van der Waals surface area (Å²) in [5.41, 5.74) is 7.39. The van der Waals surface area contributed by atoms with Crippen molar-refractivity contribution < 1.29 is 4.79 Å². The number of rotatable bonds is 6. The van der Waals surface area contributed by atoms with Crippen molar-refractivity contribution in [3.8, 4) is 0 Å². The Morgan fingerprint density at radius 1 is 1.35 bits per heavy atom. The van der Waals surface area contributed by atoms with Crippen LogP contribution >= 0.6 is 36.6 Å². The zero-order valence-corrected chi connectivity index (χ0v) is 15.4. The number of nitrogens with zero attached hydrogens (tertiary/aromatic N) is 3. The number of aromatic amines is 1. The molecular formula is C14H21Cl2N5OS. The third-order valence-corrected chi connectivity index (χ3v) is 4.24. The van der Waals surface area contributed by atoms with E-state index in [1.54, 1.807) is 23.7 Å². The molecule has 6 nitrogen and oxygen atoms in total. The molecule has 1 atom stereocenters. The Kier molecular flexibility index (Phi) is 9.90. The quantitative estimate of drug-likeness (QED) is 0.754. The van der Waals surface area contributed by atoms with Gasteiger partial charge in [0.05, 0.1) is 0 Å². The second-order valence-corrected chi connectivity index (χ2v) is 5.74. The van der Waals surface area contributed by atoms with Gasteiger partial charge in [0.2, 0.25) is 0 Å². The fraction of sp³-hybridized carbons (Fsp3) is 0.357. The number of nitrogens with two attached hydrogens (primary N) is 1. The molecule has 0 aliphatic carbocycles. The normalized spacial score (nSPS) is 11.1. The summed E-state index contributed by atoms with van der Waals surface area (Å²) < 4.78 is 0. The first-order valence-corrected chi connectivity index (χ1v) is 7.64. The molecule has 3 N–H and O–H groups in total. The average molecular weight is 378 g/mol. The van der Waals surface area contributed by atoms with Crippen LogP contribution in [-0.4, -0.2) is 45.6 Å². The molecule has 1 unspecified atom stereocenters. The lowest BCUT2D eigenvalue weighted by molar-refractivity contribution is 0.0748. The summed E-state index contributed by atoms with van der Waals surface area (Å²) in [4.78, 5) is 18.0. The molecule has 1 aromatic heterocycles. The van der Waals surface area contributed by atoms with Gasteiger partial charge in [0.15, 0.2) is 5.16 Å². The Labute approximate surface area is 152 Å². The van der Waals surface area contributed by atoms with Crippen LogP contribution in [0.1, 0.15) is 22.8 Å². The molecule has 0 bridgehead atoms. The van der Waals surface area contributed by atoms with Crippen molar-refractivity contribution in [1.82, 2.24) is 20.1 Å². The van der Waals surface area contributed by atoms with Crippen molar-refractivity contribution >= 4 is 42.5 Å². The molecule has 0 saturated carbocycles. The summed E-state index contributed by atoms with van der Waals surface area (Å²) >= 11 is 1.57. The number of nitrogens with one attached hydrogen (secondary N) is 1. The third-order valence-electron chi connectivity index (χ3n) is 3.29. The zero-order chi connectivity index (χ0) is 15.2. The molecule has 2 rings (SSSR count). The monoisotopic (exact) mass is 377 g/mol. The average Bonchev–Trinajstić information content (AvgIpc) is 3.04. The van der Waals surface area contributed by atoms with E-state index < -0.39 is 0 Å². The smallest absolute Gasteiger partial charge is 0.253 e. The van der Waals surface area contributed by atoms with E-state index in [2.05, 4.69) is 15.2 Å². The van der Waals surface area contributed by atoms with Gasteiger partial charge in [0.25, 0.3) is 5.91 Å². The minimum atomic E-state index is -0.0117. The molecule has 0 spiro atoms. The first-order chi connectivity index (χ1) is 10.1. The van der Waals surface area contributed by atoms with E-state index in [0.717, 1.165) is 16.5 Å². The molecule has 0 aliphatic heterocycles. The Hall–Kier alpha value is -1.28. The van der Waals surface area contributed by atoms with Crippen molar-refractivity contribution in [2.45, 2.75) is 23.9 Å². The second-order valence-electron chi connectivity index (χ2n) is 4.78. The highest BCUT2D eigenvalue weighted by Crippen LogP contribution is 2.19. The van der Waals surface area contributed by atoms with Gasteiger partial charge in [-0.05, 0) is 24.6 Å². The number of thioether (sulfide) groups is 1. The topological polar surface area (TPSA) is 87.9 Å². The minimum absolute atomic E-state index is 0. The lowest BCUT2D eigenvalue weighted by Crippen LogP contribution is -2.39. The van der Waals surface area contributed by atoms with E-state index in [1.807, 2.05) is 31.2 Å². The van der Waals surface area contributed by atoms with Gasteiger partial charge in [-0.1, -0.05) is 23.9 Å². The van der Waals surface area contributed by atoms with E-state index >= 15 is 0 Å². The van der Waals surface area contributed by atoms with Crippen molar-refractivity contribution in [2.24, 2.45) is 5.73 Å². The molecule has 0 aliphatic rings. The van der Waals surface area contributed by atoms with Gasteiger partial charge >= 0.3 is 0 Å². The fourth-order valence-electron chi connectivity index (χ4n) is 1.72. The van der Waals surface area contributed by atoms with Gasteiger partial charge in [-0.15, -0.1) is 24.8 Å². The van der Waals surface area contributed by atoms with Crippen LogP contribution < -0.4 is 5.73 Å². The highest BCUT2D eigenvalue weighted by Gasteiger charge is 2.16. The van der Waals surface area contributed by atoms with Gasteiger partial charge < -0.3 is 10.6 Å². The van der Waals surface area contributed by atoms with Crippen molar-refractivity contribution in [1.29, 1.82) is 0 Å². The Morgan fingerprint density at radius 2 is 2.00 bits per heavy atom. The fourth-order valence-corrected chi connectivity index (χ4v) is 2.46. The molecule has 9 heteroatoms. The summed E-state index contributed by atoms with van der Waals surface area (Å²) in [5, 5.41) is 7.38. The minimum Gasteiger partial charge on any atom is -0.338 e. The van der Waals surface area contributed by atoms with Crippen LogP contribution in [0.15, 0.2) is 35.7 Å². The van der Waals surface area contributed by atoms with Crippen molar-refractivity contribution in [3.05, 3.63) is 41.7 Å². The molecule has 23 heavy (non-hydrogen) atoms. The van der Waals surface area contributed by atoms with Gasteiger partial charge in [0.1, 0.15) is 6.33 Å². The number of hydrogen-bond donors (Lipinski definition) is 2. The first-order valence-electron chi connectivity index (χ1n) is 6.66. The maximum atomic E-state index is 12.2. The number of halogens is 2. The number of benzene rings is 1. The standard InChI is InChI=1S/C14H19N5OS.2ClH/c1-10(7-15)19(2)13(20)12-5-3-11(4-6-12)8-21-14-16-9-17-18-14;;/h3-6,9-10H,7-8,15H2,1-2H3,(H,16,17,18);2*1H. The van der Waals surface area contributed by atoms with Gasteiger partial charge in [-0.25, -0.2) is 4.98 Å². The summed E-state index contributed by atoms with van der Waals surface area (Å²) in [6, 6.07) is 7.63. The van der Waals surface area contributed by atoms with Gasteiger partial charge in [0, 0.05) is 31.0 Å². The molecule has 0 fully saturated rings. The van der Waals surface area contributed by atoms with Crippen LogP contribution in [0.4, 0.5) is 0 Å². The number of hydrogen-bond acceptors (Lipinski definition) is 5. The third kappa shape index (κ3) is 6.02. The van der Waals surface area contributed by atoms with Crippen LogP contribution in [-0.2, 0) is 5.75 Å². The molecule has 1 heterocycles. The second kappa shape index (κ2) is 10.5. The van der Waals surface area contributed by atoms with E-state index in [-0.39, 0.29) is 36.8 Å². The zero-order valence-electron chi connectivity index (χ0n) is 12.9. The van der Waals surface area contributed by atoms with Crippen LogP contribution in [0.2, 0.25) is 0 Å². The van der Waals surface area contributed by atoms with E-state index in [0.29, 0.717) is 12.1 Å². The van der Waals surface area contributed by atoms with E-state index in [1.165, 1.54) is 6.33 Å². The number of amides is 1. The highest BCUT2D eigenvalue weighted by molar-refractivity contribution is 7.98.